The predicted octanol–water partition coefficient (Wildman–Crippen LogP) is 1.50. The van der Waals surface area contributed by atoms with E-state index in [1.54, 1.807) is 30.3 Å². The highest BCUT2D eigenvalue weighted by Gasteiger charge is 2.38. The number of carbonyl (C=O) groups excluding carboxylic acids is 3. The molecule has 1 aromatic carbocycles. The Bertz CT molecular complexity index is 982. The molecule has 0 spiro atoms. The van der Waals surface area contributed by atoms with Crippen LogP contribution in [-0.2, 0) is 42.7 Å². The first-order chi connectivity index (χ1) is 16.2. The van der Waals surface area contributed by atoms with E-state index in [4.69, 9.17) is 18.2 Å². The van der Waals surface area contributed by atoms with Crippen LogP contribution in [0.3, 0.4) is 0 Å². The summed E-state index contributed by atoms with van der Waals surface area (Å²) in [5.41, 5.74) is -1.38. The summed E-state index contributed by atoms with van der Waals surface area (Å²) in [6, 6.07) is 8.20. The molecule has 12 nitrogen and oxygen atoms in total. The number of hydrogen-bond acceptors (Lipinski definition) is 11. The van der Waals surface area contributed by atoms with Crippen LogP contribution in [0.4, 0.5) is 0 Å². The largest absolute Gasteiger partial charge is 0.568 e. The molecular formula is C21H31NO11PS+. The fourth-order valence-corrected chi connectivity index (χ4v) is 4.23. The Morgan fingerprint density at radius 1 is 1.14 bits per heavy atom. The van der Waals surface area contributed by atoms with Gasteiger partial charge in [-0.1, -0.05) is 32.0 Å². The van der Waals surface area contributed by atoms with E-state index in [9.17, 15) is 32.5 Å². The van der Waals surface area contributed by atoms with Crippen LogP contribution < -0.4 is 9.84 Å². The molecule has 0 radical (unpaired) electrons. The van der Waals surface area contributed by atoms with E-state index in [1.807, 2.05) is 0 Å². The van der Waals surface area contributed by atoms with Crippen molar-refractivity contribution in [3.05, 3.63) is 30.3 Å². The van der Waals surface area contributed by atoms with Gasteiger partial charge in [0, 0.05) is 25.8 Å². The fraction of sp³-hybridized carbons (Fsp3) is 0.571. The fourth-order valence-electron chi connectivity index (χ4n) is 2.42. The predicted molar refractivity (Wildman–Crippen MR) is 124 cm³/mol. The Morgan fingerprint density at radius 2 is 1.77 bits per heavy atom. The maximum absolute atomic E-state index is 12.3. The number of para-hydroxylation sites is 1. The lowest BCUT2D eigenvalue weighted by molar-refractivity contribution is -0.193. The minimum atomic E-state index is -3.97. The summed E-state index contributed by atoms with van der Waals surface area (Å²) in [6.45, 7) is 4.91. The zero-order valence-corrected chi connectivity index (χ0v) is 21.7. The van der Waals surface area contributed by atoms with Crippen molar-refractivity contribution >= 4 is 36.0 Å². The molecule has 0 aliphatic heterocycles. The highest BCUT2D eigenvalue weighted by molar-refractivity contribution is 7.86. The minimum Gasteiger partial charge on any atom is -0.424 e. The summed E-state index contributed by atoms with van der Waals surface area (Å²) < 4.78 is 55.7. The highest BCUT2D eigenvalue weighted by Crippen LogP contribution is 2.27. The van der Waals surface area contributed by atoms with E-state index in [0.29, 0.717) is 5.75 Å². The lowest BCUT2D eigenvalue weighted by Crippen LogP contribution is -2.43. The average molecular weight is 537 g/mol. The number of nitrogens with one attached hydrogen (secondary N) is 1. The third kappa shape index (κ3) is 12.6. The van der Waals surface area contributed by atoms with Crippen molar-refractivity contribution in [1.29, 1.82) is 0 Å². The van der Waals surface area contributed by atoms with Crippen LogP contribution in [0, 0.1) is 5.41 Å². The van der Waals surface area contributed by atoms with Crippen LogP contribution >= 0.6 is 8.03 Å². The van der Waals surface area contributed by atoms with E-state index in [0.717, 1.165) is 0 Å². The summed E-state index contributed by atoms with van der Waals surface area (Å²) in [5, 5.41) is 12.8. The molecule has 2 unspecified atom stereocenters. The molecule has 0 saturated carbocycles. The summed E-state index contributed by atoms with van der Waals surface area (Å²) in [5.74, 6) is -2.48. The number of esters is 2. The van der Waals surface area contributed by atoms with Gasteiger partial charge < -0.3 is 19.9 Å². The van der Waals surface area contributed by atoms with Gasteiger partial charge in [0.2, 0.25) is 12.2 Å². The molecule has 196 valence electrons. The van der Waals surface area contributed by atoms with Gasteiger partial charge in [-0.25, -0.2) is 9.59 Å². The lowest BCUT2D eigenvalue weighted by atomic mass is 9.88. The van der Waals surface area contributed by atoms with Crippen LogP contribution in [0.5, 0.6) is 5.75 Å². The molecule has 0 aliphatic carbocycles. The third-order valence-corrected chi connectivity index (χ3v) is 6.50. The van der Waals surface area contributed by atoms with Crippen molar-refractivity contribution in [3.8, 4) is 5.75 Å². The van der Waals surface area contributed by atoms with Crippen molar-refractivity contribution < 1.29 is 50.7 Å². The quantitative estimate of drug-likeness (QED) is 0.109. The van der Waals surface area contributed by atoms with E-state index >= 15 is 0 Å². The van der Waals surface area contributed by atoms with Crippen molar-refractivity contribution in [3.63, 3.8) is 0 Å². The lowest BCUT2D eigenvalue weighted by Gasteiger charge is -2.29. The van der Waals surface area contributed by atoms with Crippen LogP contribution in [0.2, 0.25) is 0 Å². The molecule has 0 aliphatic rings. The van der Waals surface area contributed by atoms with Gasteiger partial charge in [-0.15, -0.1) is 0 Å². The van der Waals surface area contributed by atoms with Gasteiger partial charge in [-0.3, -0.25) is 13.5 Å². The second kappa shape index (κ2) is 14.1. The summed E-state index contributed by atoms with van der Waals surface area (Å²) >= 11 is 0. The highest BCUT2D eigenvalue weighted by atomic mass is 32.2. The summed E-state index contributed by atoms with van der Waals surface area (Å²) in [6.07, 6.45) is -3.69. The van der Waals surface area contributed by atoms with Crippen molar-refractivity contribution in [2.45, 2.75) is 46.5 Å². The standard InChI is InChI=1S/C21H30NO11PS/c1-15(23)22-11-8-12-35(28,29)30-14-21(3,4)19(25)20(26)32-16(2)31-18(24)13-34(27)33-17-9-6-5-7-10-17/h5-7,9-10,16,19,25H,8,11-14H2,1-4H3/p+1/t16?,19-/m0/s1. The number of aliphatic hydroxyl groups is 1. The van der Waals surface area contributed by atoms with Gasteiger partial charge in [0.1, 0.15) is 0 Å². The molecule has 1 rings (SSSR count). The molecular weight excluding hydrogens is 505 g/mol. The molecule has 1 amide bonds. The van der Waals surface area contributed by atoms with Crippen LogP contribution in [0.25, 0.3) is 0 Å². The average Bonchev–Trinajstić information content (AvgIpc) is 2.75. The first-order valence-electron chi connectivity index (χ1n) is 10.6. The molecule has 0 saturated heterocycles. The molecule has 14 heteroatoms. The maximum atomic E-state index is 12.3. The van der Waals surface area contributed by atoms with Crippen LogP contribution in [0.15, 0.2) is 30.3 Å². The van der Waals surface area contributed by atoms with Crippen molar-refractivity contribution in [2.75, 3.05) is 25.1 Å². The second-order valence-corrected chi connectivity index (χ2v) is 11.1. The summed E-state index contributed by atoms with van der Waals surface area (Å²) in [7, 11) is -6.38. The summed E-state index contributed by atoms with van der Waals surface area (Å²) in [4.78, 5) is 35.0. The van der Waals surface area contributed by atoms with Gasteiger partial charge in [0.25, 0.3) is 16.3 Å². The number of aliphatic hydroxyl groups excluding tert-OH is 1. The van der Waals surface area contributed by atoms with Crippen LogP contribution in [-0.4, -0.2) is 68.8 Å². The SMILES string of the molecule is CC(=O)NCCCS(=O)(=O)OCC(C)(C)[C@@H](O)C(=O)OC(C)OC(=O)C[P+](=O)Oc1ccccc1. The number of amides is 1. The molecule has 0 aromatic heterocycles. The monoisotopic (exact) mass is 536 g/mol. The van der Waals surface area contributed by atoms with Gasteiger partial charge in [0.15, 0.2) is 11.9 Å². The van der Waals surface area contributed by atoms with E-state index < -0.39 is 60.7 Å². The smallest absolute Gasteiger partial charge is 0.424 e. The van der Waals surface area contributed by atoms with Gasteiger partial charge in [0.05, 0.1) is 12.4 Å². The molecule has 0 heterocycles. The third-order valence-electron chi connectivity index (χ3n) is 4.31. The maximum Gasteiger partial charge on any atom is 0.568 e. The Kier molecular flexibility index (Phi) is 12.2. The first-order valence-corrected chi connectivity index (χ1v) is 13.5. The van der Waals surface area contributed by atoms with Crippen molar-refractivity contribution in [1.82, 2.24) is 5.32 Å². The number of carbonyl (C=O) groups is 3. The topological polar surface area (TPSA) is 172 Å². The first kappa shape index (κ1) is 30.4. The number of benzene rings is 1. The molecule has 1 aromatic rings. The Balaban J connectivity index is 2.47. The molecule has 3 atom stereocenters. The number of rotatable bonds is 15. The minimum absolute atomic E-state index is 0.123. The van der Waals surface area contributed by atoms with Crippen LogP contribution in [0.1, 0.15) is 34.1 Å². The molecule has 35 heavy (non-hydrogen) atoms. The Labute approximate surface area is 205 Å². The van der Waals surface area contributed by atoms with Gasteiger partial charge >= 0.3 is 20.0 Å². The van der Waals surface area contributed by atoms with Gasteiger partial charge in [-0.2, -0.15) is 8.42 Å². The molecule has 0 fully saturated rings. The normalized spacial score (nSPS) is 13.8. The van der Waals surface area contributed by atoms with E-state index in [1.165, 1.54) is 27.7 Å². The second-order valence-electron chi connectivity index (χ2n) is 8.14. The van der Waals surface area contributed by atoms with Gasteiger partial charge in [-0.05, 0) is 23.1 Å². The van der Waals surface area contributed by atoms with E-state index in [-0.39, 0.29) is 24.6 Å². The number of hydrogen-bond donors (Lipinski definition) is 2. The Hall–Kier alpha value is -2.60. The Morgan fingerprint density at radius 3 is 2.37 bits per heavy atom. The molecule has 2 N–H and O–H groups in total. The zero-order chi connectivity index (χ0) is 26.6. The zero-order valence-electron chi connectivity index (χ0n) is 20.0. The number of ether oxygens (including phenoxy) is 2. The van der Waals surface area contributed by atoms with E-state index in [2.05, 4.69) is 5.32 Å². The molecule has 0 bridgehead atoms. The van der Waals surface area contributed by atoms with Crippen molar-refractivity contribution in [2.24, 2.45) is 5.41 Å².